The quantitative estimate of drug-likeness (QED) is 0.267. The van der Waals surface area contributed by atoms with E-state index in [0.29, 0.717) is 49.5 Å². The summed E-state index contributed by atoms with van der Waals surface area (Å²) in [5.74, 6) is 1.14. The second-order valence-corrected chi connectivity index (χ2v) is 8.27. The lowest BCUT2D eigenvalue weighted by Crippen LogP contribution is -2.36. The zero-order chi connectivity index (χ0) is 24.3. The Bertz CT molecular complexity index is 1040. The van der Waals surface area contributed by atoms with Gasteiger partial charge in [0.15, 0.2) is 0 Å². The van der Waals surface area contributed by atoms with Crippen LogP contribution in [-0.4, -0.2) is 65.9 Å². The number of halogens is 1. The zero-order valence-electron chi connectivity index (χ0n) is 19.7. The molecule has 1 aromatic heterocycles. The number of nitrogens with zero attached hydrogens (tertiary/aromatic N) is 3. The third kappa shape index (κ3) is 7.16. The Morgan fingerprint density at radius 1 is 1.18 bits per heavy atom. The molecule has 34 heavy (non-hydrogen) atoms. The molecular weight excluding hydrogens is 454 g/mol. The summed E-state index contributed by atoms with van der Waals surface area (Å²) < 4.78 is 18.7. The zero-order valence-corrected chi connectivity index (χ0v) is 20.4. The van der Waals surface area contributed by atoms with Crippen LogP contribution < -0.4 is 4.74 Å². The van der Waals surface area contributed by atoms with Crippen molar-refractivity contribution in [3.63, 3.8) is 0 Å². The molecule has 8 heteroatoms. The lowest BCUT2D eigenvalue weighted by Gasteiger charge is -2.25. The van der Waals surface area contributed by atoms with Gasteiger partial charge in [-0.3, -0.25) is 4.90 Å². The topological polar surface area (TPSA) is 69.0 Å². The monoisotopic (exact) mass is 485 g/mol. The Kier molecular flexibility index (Phi) is 10.1. The Labute approximate surface area is 206 Å². The van der Waals surface area contributed by atoms with Crippen molar-refractivity contribution in [1.82, 2.24) is 14.7 Å². The Balaban J connectivity index is 1.94. The van der Waals surface area contributed by atoms with E-state index in [-0.39, 0.29) is 6.61 Å². The molecule has 182 valence electrons. The summed E-state index contributed by atoms with van der Waals surface area (Å²) in [6, 6.07) is 17.3. The number of aliphatic hydroxyl groups is 1. The van der Waals surface area contributed by atoms with Crippen molar-refractivity contribution in [3.05, 3.63) is 77.8 Å². The van der Waals surface area contributed by atoms with E-state index in [1.165, 1.54) is 0 Å². The van der Waals surface area contributed by atoms with Gasteiger partial charge in [0.05, 0.1) is 36.5 Å². The standard InChI is InChI=1S/C26H32ClN3O4/c1-4-15-33-19-21(31)17-30(14-16-32-3)18-22-25(20-10-6-5-7-11-20)28-29(2)26(22)34-24-13-9-8-12-23(24)27/h4-13,21,31H,1,14-19H2,2-3H3. The van der Waals surface area contributed by atoms with E-state index in [1.807, 2.05) is 55.6 Å². The first-order valence-corrected chi connectivity index (χ1v) is 11.5. The number of benzene rings is 2. The highest BCUT2D eigenvalue weighted by Crippen LogP contribution is 2.36. The number of aliphatic hydroxyl groups excluding tert-OH is 1. The number of para-hydroxylation sites is 1. The van der Waals surface area contributed by atoms with Crippen LogP contribution in [-0.2, 0) is 23.1 Å². The second-order valence-electron chi connectivity index (χ2n) is 7.86. The van der Waals surface area contributed by atoms with Gasteiger partial charge < -0.3 is 19.3 Å². The van der Waals surface area contributed by atoms with Gasteiger partial charge in [0.2, 0.25) is 5.88 Å². The van der Waals surface area contributed by atoms with E-state index in [0.717, 1.165) is 16.8 Å². The van der Waals surface area contributed by atoms with Crippen LogP contribution in [0.1, 0.15) is 5.56 Å². The predicted octanol–water partition coefficient (Wildman–Crippen LogP) is 4.54. The average molecular weight is 486 g/mol. The first kappa shape index (κ1) is 25.9. The first-order valence-electron chi connectivity index (χ1n) is 11.1. The van der Waals surface area contributed by atoms with Gasteiger partial charge in [-0.05, 0) is 12.1 Å². The van der Waals surface area contributed by atoms with Gasteiger partial charge in [-0.25, -0.2) is 4.68 Å². The van der Waals surface area contributed by atoms with Crippen molar-refractivity contribution in [2.24, 2.45) is 7.05 Å². The summed E-state index contributed by atoms with van der Waals surface area (Å²) in [4.78, 5) is 2.11. The lowest BCUT2D eigenvalue weighted by molar-refractivity contribution is 0.0193. The van der Waals surface area contributed by atoms with Gasteiger partial charge in [-0.15, -0.1) is 6.58 Å². The maximum absolute atomic E-state index is 10.5. The maximum atomic E-state index is 10.5. The minimum absolute atomic E-state index is 0.219. The fraction of sp³-hybridized carbons (Fsp3) is 0.346. The highest BCUT2D eigenvalue weighted by molar-refractivity contribution is 6.32. The van der Waals surface area contributed by atoms with E-state index in [1.54, 1.807) is 23.9 Å². The fourth-order valence-electron chi connectivity index (χ4n) is 3.60. The summed E-state index contributed by atoms with van der Waals surface area (Å²) in [7, 11) is 3.51. The number of methoxy groups -OCH3 is 1. The highest BCUT2D eigenvalue weighted by atomic mass is 35.5. The van der Waals surface area contributed by atoms with Gasteiger partial charge >= 0.3 is 0 Å². The number of hydrogen-bond donors (Lipinski definition) is 1. The molecule has 3 rings (SSSR count). The summed E-state index contributed by atoms with van der Waals surface area (Å²) in [5.41, 5.74) is 2.68. The summed E-state index contributed by atoms with van der Waals surface area (Å²) in [5, 5.41) is 15.8. The van der Waals surface area contributed by atoms with Crippen LogP contribution in [0.5, 0.6) is 11.6 Å². The molecule has 1 heterocycles. The van der Waals surface area contributed by atoms with E-state index in [2.05, 4.69) is 11.5 Å². The van der Waals surface area contributed by atoms with Crippen molar-refractivity contribution in [2.75, 3.05) is 40.0 Å². The molecule has 1 atom stereocenters. The molecule has 0 saturated carbocycles. The van der Waals surface area contributed by atoms with E-state index >= 15 is 0 Å². The Morgan fingerprint density at radius 3 is 2.62 bits per heavy atom. The minimum Gasteiger partial charge on any atom is -0.437 e. The number of hydrogen-bond acceptors (Lipinski definition) is 6. The molecule has 0 aliphatic carbocycles. The number of aromatic nitrogens is 2. The molecule has 0 bridgehead atoms. The van der Waals surface area contributed by atoms with Crippen LogP contribution in [0.25, 0.3) is 11.3 Å². The molecule has 2 aromatic carbocycles. The van der Waals surface area contributed by atoms with E-state index in [4.69, 9.17) is 30.9 Å². The molecule has 0 amide bonds. The van der Waals surface area contributed by atoms with Crippen molar-refractivity contribution < 1.29 is 19.3 Å². The van der Waals surface area contributed by atoms with Crippen molar-refractivity contribution in [2.45, 2.75) is 12.6 Å². The summed E-state index contributed by atoms with van der Waals surface area (Å²) >= 11 is 6.37. The van der Waals surface area contributed by atoms with Gasteiger partial charge in [0.25, 0.3) is 0 Å². The Hall–Kier alpha value is -2.68. The van der Waals surface area contributed by atoms with E-state index < -0.39 is 6.10 Å². The SMILES string of the molecule is C=CCOCC(O)CN(CCOC)Cc1c(-c2ccccc2)nn(C)c1Oc1ccccc1Cl. The van der Waals surface area contributed by atoms with Crippen molar-refractivity contribution in [3.8, 4) is 22.9 Å². The summed E-state index contributed by atoms with van der Waals surface area (Å²) in [6.07, 6.45) is 0.997. The molecule has 0 aliphatic heterocycles. The van der Waals surface area contributed by atoms with Crippen LogP contribution in [0.15, 0.2) is 67.3 Å². The highest BCUT2D eigenvalue weighted by Gasteiger charge is 2.24. The maximum Gasteiger partial charge on any atom is 0.222 e. The smallest absolute Gasteiger partial charge is 0.222 e. The molecule has 1 unspecified atom stereocenters. The van der Waals surface area contributed by atoms with E-state index in [9.17, 15) is 5.11 Å². The fourth-order valence-corrected chi connectivity index (χ4v) is 3.77. The van der Waals surface area contributed by atoms with Gasteiger partial charge in [0.1, 0.15) is 11.4 Å². The molecule has 7 nitrogen and oxygen atoms in total. The molecule has 0 radical (unpaired) electrons. The Morgan fingerprint density at radius 2 is 1.91 bits per heavy atom. The summed E-state index contributed by atoms with van der Waals surface area (Å²) in [6.45, 7) is 6.27. The number of rotatable bonds is 14. The van der Waals surface area contributed by atoms with Crippen LogP contribution in [0.4, 0.5) is 0 Å². The minimum atomic E-state index is -0.665. The molecule has 0 saturated heterocycles. The van der Waals surface area contributed by atoms with Gasteiger partial charge in [-0.1, -0.05) is 60.1 Å². The predicted molar refractivity (Wildman–Crippen MR) is 134 cm³/mol. The number of ether oxygens (including phenoxy) is 3. The van der Waals surface area contributed by atoms with Gasteiger partial charge in [-0.2, -0.15) is 5.10 Å². The van der Waals surface area contributed by atoms with Gasteiger partial charge in [0, 0.05) is 39.4 Å². The number of aryl methyl sites for hydroxylation is 1. The average Bonchev–Trinajstić information content (AvgIpc) is 3.14. The van der Waals surface area contributed by atoms with Crippen molar-refractivity contribution in [1.29, 1.82) is 0 Å². The third-order valence-corrected chi connectivity index (χ3v) is 5.50. The normalized spacial score (nSPS) is 12.1. The first-order chi connectivity index (χ1) is 16.5. The van der Waals surface area contributed by atoms with Crippen molar-refractivity contribution >= 4 is 11.6 Å². The molecule has 1 N–H and O–H groups in total. The lowest BCUT2D eigenvalue weighted by atomic mass is 10.1. The largest absolute Gasteiger partial charge is 0.437 e. The molecule has 0 aliphatic rings. The molecular formula is C26H32ClN3O4. The molecule has 3 aromatic rings. The van der Waals surface area contributed by atoms with Crippen LogP contribution >= 0.6 is 11.6 Å². The van der Waals surface area contributed by atoms with Crippen LogP contribution in [0, 0.1) is 0 Å². The molecule has 0 fully saturated rings. The molecule has 0 spiro atoms. The van der Waals surface area contributed by atoms with Crippen LogP contribution in [0.3, 0.4) is 0 Å². The third-order valence-electron chi connectivity index (χ3n) is 5.19. The van der Waals surface area contributed by atoms with Crippen LogP contribution in [0.2, 0.25) is 5.02 Å². The second kappa shape index (κ2) is 13.3.